The first-order valence-corrected chi connectivity index (χ1v) is 14.2. The van der Waals surface area contributed by atoms with Crippen LogP contribution in [0.3, 0.4) is 0 Å². The van der Waals surface area contributed by atoms with Gasteiger partial charge < -0.3 is 24.5 Å². The van der Waals surface area contributed by atoms with E-state index in [0.717, 1.165) is 36.0 Å². The minimum Gasteiger partial charge on any atom is -0.444 e. The first kappa shape index (κ1) is 27.1. The van der Waals surface area contributed by atoms with Crippen molar-refractivity contribution in [3.63, 3.8) is 0 Å². The molecule has 4 aromatic rings. The summed E-state index contributed by atoms with van der Waals surface area (Å²) in [6.45, 7) is 6.60. The maximum absolute atomic E-state index is 13.8. The van der Waals surface area contributed by atoms with Crippen molar-refractivity contribution in [3.05, 3.63) is 70.5 Å². The standard InChI is InChI=1S/C32H36N4O5/c1-31(2,3)41-30(39)34-32(16-8-17-32)22-13-11-21(12-14-22)26-24(20-9-6-5-7-10-20)25-27(40-26)33-29(35(4)28(25)38)36-18-15-23(37)19-36/h5-7,9-14,23,37H,8,15-19H2,1-4H3,(H,34,39)/t23-/m0/s1. The molecule has 1 atom stereocenters. The van der Waals surface area contributed by atoms with E-state index in [4.69, 9.17) is 14.1 Å². The van der Waals surface area contributed by atoms with Crippen molar-refractivity contribution >= 4 is 23.1 Å². The van der Waals surface area contributed by atoms with Gasteiger partial charge in [-0.2, -0.15) is 4.98 Å². The number of alkyl carbamates (subject to hydrolysis) is 1. The molecule has 1 aliphatic heterocycles. The highest BCUT2D eigenvalue weighted by atomic mass is 16.6. The number of hydrogen-bond donors (Lipinski definition) is 2. The van der Waals surface area contributed by atoms with Gasteiger partial charge in [-0.05, 0) is 57.6 Å². The van der Waals surface area contributed by atoms with E-state index in [9.17, 15) is 14.7 Å². The van der Waals surface area contributed by atoms with Crippen LogP contribution in [0, 0.1) is 0 Å². The number of nitrogens with one attached hydrogen (secondary N) is 1. The van der Waals surface area contributed by atoms with Gasteiger partial charge in [-0.1, -0.05) is 54.6 Å². The molecule has 1 amide bonds. The average Bonchev–Trinajstić information content (AvgIpc) is 3.52. The van der Waals surface area contributed by atoms with Gasteiger partial charge in [0.1, 0.15) is 16.7 Å². The lowest BCUT2D eigenvalue weighted by atomic mass is 9.71. The van der Waals surface area contributed by atoms with Crippen molar-refractivity contribution < 1.29 is 19.1 Å². The van der Waals surface area contributed by atoms with Crippen LogP contribution >= 0.6 is 0 Å². The molecule has 0 spiro atoms. The summed E-state index contributed by atoms with van der Waals surface area (Å²) in [6.07, 6.45) is 2.44. The summed E-state index contributed by atoms with van der Waals surface area (Å²) < 4.78 is 13.5. The highest BCUT2D eigenvalue weighted by molar-refractivity contribution is 6.00. The number of nitrogens with zero attached hydrogens (tertiary/aromatic N) is 3. The summed E-state index contributed by atoms with van der Waals surface area (Å²) in [7, 11) is 1.71. The molecule has 2 aromatic heterocycles. The van der Waals surface area contributed by atoms with Crippen LogP contribution in [0.15, 0.2) is 63.8 Å². The highest BCUT2D eigenvalue weighted by Gasteiger charge is 2.41. The number of carbonyl (C=O) groups is 1. The predicted molar refractivity (Wildman–Crippen MR) is 158 cm³/mol. The zero-order valence-corrected chi connectivity index (χ0v) is 23.9. The number of rotatable bonds is 5. The van der Waals surface area contributed by atoms with Gasteiger partial charge in [0.15, 0.2) is 0 Å². The molecular weight excluding hydrogens is 520 g/mol. The Kier molecular flexibility index (Phi) is 6.65. The topological polar surface area (TPSA) is 110 Å². The molecule has 9 nitrogen and oxygen atoms in total. The number of furan rings is 1. The third-order valence-electron chi connectivity index (χ3n) is 8.07. The van der Waals surface area contributed by atoms with Crippen LogP contribution in [0.4, 0.5) is 10.7 Å². The molecule has 1 aliphatic carbocycles. The molecule has 2 aromatic carbocycles. The van der Waals surface area contributed by atoms with Gasteiger partial charge in [0.25, 0.3) is 5.56 Å². The number of anilines is 1. The zero-order chi connectivity index (χ0) is 28.9. The molecule has 0 bridgehead atoms. The molecule has 0 radical (unpaired) electrons. The minimum absolute atomic E-state index is 0.202. The third kappa shape index (κ3) is 4.99. The molecule has 214 valence electrons. The number of ether oxygens (including phenoxy) is 1. The number of benzene rings is 2. The van der Waals surface area contributed by atoms with Crippen LogP contribution in [-0.2, 0) is 17.3 Å². The van der Waals surface area contributed by atoms with Crippen LogP contribution in [0.1, 0.15) is 52.0 Å². The van der Waals surface area contributed by atoms with Gasteiger partial charge in [-0.25, -0.2) is 4.79 Å². The fraction of sp³-hybridized carbons (Fsp3) is 0.406. The number of carbonyl (C=O) groups excluding carboxylic acids is 1. The van der Waals surface area contributed by atoms with Gasteiger partial charge in [0.05, 0.1) is 11.6 Å². The van der Waals surface area contributed by atoms with Crippen molar-refractivity contribution in [2.45, 2.75) is 63.7 Å². The maximum atomic E-state index is 13.8. The van der Waals surface area contributed by atoms with E-state index in [2.05, 4.69) is 5.32 Å². The molecule has 3 heterocycles. The van der Waals surface area contributed by atoms with Gasteiger partial charge in [0.2, 0.25) is 11.7 Å². The molecule has 1 saturated heterocycles. The van der Waals surface area contributed by atoms with Crippen molar-refractivity contribution in [2.75, 3.05) is 18.0 Å². The van der Waals surface area contributed by atoms with E-state index >= 15 is 0 Å². The second-order valence-corrected chi connectivity index (χ2v) is 12.2. The molecule has 9 heteroatoms. The Hall–Kier alpha value is -4.11. The zero-order valence-electron chi connectivity index (χ0n) is 23.9. The lowest BCUT2D eigenvalue weighted by Gasteiger charge is -2.43. The number of aliphatic hydroxyl groups excluding tert-OH is 1. The van der Waals surface area contributed by atoms with Crippen molar-refractivity contribution in [1.82, 2.24) is 14.9 Å². The average molecular weight is 557 g/mol. The molecule has 6 rings (SSSR count). The number of β-amino-alcohol motifs (C(OH)–C–C–N with tert-alkyl or cyclic N) is 1. The van der Waals surface area contributed by atoms with E-state index in [1.807, 2.05) is 80.3 Å². The second-order valence-electron chi connectivity index (χ2n) is 12.2. The predicted octanol–water partition coefficient (Wildman–Crippen LogP) is 5.34. The normalized spacial score (nSPS) is 18.4. The number of aliphatic hydroxyl groups is 1. The molecule has 2 fully saturated rings. The van der Waals surface area contributed by atoms with Gasteiger partial charge in [-0.3, -0.25) is 9.36 Å². The van der Waals surface area contributed by atoms with Gasteiger partial charge in [-0.15, -0.1) is 0 Å². The summed E-state index contributed by atoms with van der Waals surface area (Å²) in [6, 6.07) is 17.7. The summed E-state index contributed by atoms with van der Waals surface area (Å²) in [4.78, 5) is 33.1. The SMILES string of the molecule is Cn1c(N2CC[C@H](O)C2)nc2oc(-c3ccc(C4(NC(=O)OC(C)(C)C)CCC4)cc3)c(-c3ccccc3)c2c1=O. The fourth-order valence-electron chi connectivity index (χ4n) is 5.87. The monoisotopic (exact) mass is 556 g/mol. The molecule has 41 heavy (non-hydrogen) atoms. The van der Waals surface area contributed by atoms with Gasteiger partial charge in [0, 0.05) is 31.3 Å². The van der Waals surface area contributed by atoms with Crippen LogP contribution in [0.25, 0.3) is 33.6 Å². The summed E-state index contributed by atoms with van der Waals surface area (Å²) in [5.41, 5.74) is 2.38. The smallest absolute Gasteiger partial charge is 0.408 e. The number of hydrogen-bond acceptors (Lipinski definition) is 7. The molecule has 2 aliphatic rings. The minimum atomic E-state index is -0.576. The van der Waals surface area contributed by atoms with E-state index in [1.54, 1.807) is 7.05 Å². The van der Waals surface area contributed by atoms with E-state index in [1.165, 1.54) is 4.57 Å². The van der Waals surface area contributed by atoms with Crippen molar-refractivity contribution in [1.29, 1.82) is 0 Å². The molecule has 0 unspecified atom stereocenters. The molecular formula is C32H36N4O5. The van der Waals surface area contributed by atoms with E-state index in [0.29, 0.717) is 42.2 Å². The Morgan fingerprint density at radius 2 is 1.80 bits per heavy atom. The van der Waals surface area contributed by atoms with E-state index in [-0.39, 0.29) is 11.3 Å². The first-order chi connectivity index (χ1) is 19.5. The quantitative estimate of drug-likeness (QED) is 0.342. The van der Waals surface area contributed by atoms with Crippen molar-refractivity contribution in [2.24, 2.45) is 7.05 Å². The van der Waals surface area contributed by atoms with Gasteiger partial charge >= 0.3 is 6.09 Å². The van der Waals surface area contributed by atoms with Crippen LogP contribution in [0.5, 0.6) is 0 Å². The molecule has 2 N–H and O–H groups in total. The summed E-state index contributed by atoms with van der Waals surface area (Å²) >= 11 is 0. The summed E-state index contributed by atoms with van der Waals surface area (Å²) in [5, 5.41) is 13.6. The largest absolute Gasteiger partial charge is 0.444 e. The van der Waals surface area contributed by atoms with E-state index < -0.39 is 23.3 Å². The van der Waals surface area contributed by atoms with Crippen LogP contribution in [-0.4, -0.2) is 45.5 Å². The Balaban J connectivity index is 1.42. The summed E-state index contributed by atoms with van der Waals surface area (Å²) in [5.74, 6) is 1.04. The van der Waals surface area contributed by atoms with Crippen LogP contribution in [0.2, 0.25) is 0 Å². The highest BCUT2D eigenvalue weighted by Crippen LogP contribution is 2.44. The maximum Gasteiger partial charge on any atom is 0.408 e. The molecule has 1 saturated carbocycles. The Morgan fingerprint density at radius 1 is 1.10 bits per heavy atom. The second kappa shape index (κ2) is 10.1. The Bertz CT molecular complexity index is 1650. The fourth-order valence-corrected chi connectivity index (χ4v) is 5.87. The van der Waals surface area contributed by atoms with Crippen molar-refractivity contribution in [3.8, 4) is 22.5 Å². The number of amides is 1. The Labute approximate surface area is 238 Å². The lowest BCUT2D eigenvalue weighted by molar-refractivity contribution is 0.0377. The lowest BCUT2D eigenvalue weighted by Crippen LogP contribution is -2.52. The Morgan fingerprint density at radius 3 is 2.39 bits per heavy atom. The van der Waals surface area contributed by atoms with Crippen LogP contribution < -0.4 is 15.8 Å². The third-order valence-corrected chi connectivity index (χ3v) is 8.07. The first-order valence-electron chi connectivity index (χ1n) is 14.2. The number of aromatic nitrogens is 2. The number of fused-ring (bicyclic) bond motifs is 1.